The molecular formula is C10H7ClINO. The van der Waals surface area contributed by atoms with E-state index in [1.54, 1.807) is 6.07 Å². The molecule has 1 aromatic carbocycles. The number of rotatable bonds is 2. The van der Waals surface area contributed by atoms with Crippen LogP contribution in [0.25, 0.3) is 0 Å². The van der Waals surface area contributed by atoms with Crippen molar-refractivity contribution in [2.45, 2.75) is 6.92 Å². The van der Waals surface area contributed by atoms with E-state index in [0.717, 1.165) is 9.13 Å². The minimum absolute atomic E-state index is 0.0877. The van der Waals surface area contributed by atoms with Crippen molar-refractivity contribution in [1.29, 1.82) is 5.26 Å². The standard InChI is InChI=1S/C10H7ClINO/c1-6-8(12)3-2-7(5-13)10(6)9(14)4-11/h2-3H,4H2,1H3. The third kappa shape index (κ3) is 2.07. The number of ketones is 1. The van der Waals surface area contributed by atoms with Crippen LogP contribution in [0.1, 0.15) is 21.5 Å². The molecule has 72 valence electrons. The van der Waals surface area contributed by atoms with Gasteiger partial charge in [-0.25, -0.2) is 0 Å². The minimum atomic E-state index is -0.195. The lowest BCUT2D eigenvalue weighted by Gasteiger charge is -2.06. The molecule has 0 radical (unpaired) electrons. The van der Waals surface area contributed by atoms with Crippen LogP contribution < -0.4 is 0 Å². The van der Waals surface area contributed by atoms with E-state index in [0.29, 0.717) is 11.1 Å². The first kappa shape index (κ1) is 11.5. The van der Waals surface area contributed by atoms with Gasteiger partial charge in [-0.15, -0.1) is 11.6 Å². The fraction of sp³-hybridized carbons (Fsp3) is 0.200. The monoisotopic (exact) mass is 319 g/mol. The Hall–Kier alpha value is -0.600. The molecule has 0 aliphatic rings. The third-order valence-corrected chi connectivity index (χ3v) is 3.33. The Morgan fingerprint density at radius 1 is 1.64 bits per heavy atom. The van der Waals surface area contributed by atoms with E-state index >= 15 is 0 Å². The summed E-state index contributed by atoms with van der Waals surface area (Å²) in [5.41, 5.74) is 1.68. The predicted octanol–water partition coefficient (Wildman–Crippen LogP) is 2.89. The highest BCUT2D eigenvalue weighted by Crippen LogP contribution is 2.20. The molecule has 0 aliphatic heterocycles. The summed E-state index contributed by atoms with van der Waals surface area (Å²) in [7, 11) is 0. The summed E-state index contributed by atoms with van der Waals surface area (Å²) in [5.74, 6) is -0.283. The highest BCUT2D eigenvalue weighted by atomic mass is 127. The van der Waals surface area contributed by atoms with Crippen LogP contribution in [-0.4, -0.2) is 11.7 Å². The molecule has 0 N–H and O–H groups in total. The van der Waals surface area contributed by atoms with E-state index in [9.17, 15) is 4.79 Å². The zero-order valence-corrected chi connectivity index (χ0v) is 10.4. The second-order valence-electron chi connectivity index (χ2n) is 2.76. The summed E-state index contributed by atoms with van der Waals surface area (Å²) >= 11 is 7.61. The lowest BCUT2D eigenvalue weighted by Crippen LogP contribution is -2.07. The van der Waals surface area contributed by atoms with Crippen molar-refractivity contribution in [1.82, 2.24) is 0 Å². The largest absolute Gasteiger partial charge is 0.293 e. The molecule has 4 heteroatoms. The second-order valence-corrected chi connectivity index (χ2v) is 4.19. The van der Waals surface area contributed by atoms with Gasteiger partial charge >= 0.3 is 0 Å². The van der Waals surface area contributed by atoms with Crippen molar-refractivity contribution in [3.63, 3.8) is 0 Å². The number of halogens is 2. The molecule has 0 saturated carbocycles. The van der Waals surface area contributed by atoms with Crippen LogP contribution in [-0.2, 0) is 0 Å². The van der Waals surface area contributed by atoms with Gasteiger partial charge in [0.1, 0.15) is 0 Å². The maximum atomic E-state index is 11.5. The molecule has 0 aliphatic carbocycles. The van der Waals surface area contributed by atoms with E-state index in [1.807, 2.05) is 19.1 Å². The molecule has 14 heavy (non-hydrogen) atoms. The minimum Gasteiger partial charge on any atom is -0.293 e. The first-order valence-electron chi connectivity index (χ1n) is 3.90. The summed E-state index contributed by atoms with van der Waals surface area (Å²) in [5, 5.41) is 8.83. The SMILES string of the molecule is Cc1c(I)ccc(C#N)c1C(=O)CCl. The molecule has 0 heterocycles. The lowest BCUT2D eigenvalue weighted by molar-refractivity contribution is 0.102. The zero-order valence-electron chi connectivity index (χ0n) is 7.47. The molecule has 0 unspecified atom stereocenters. The molecular weight excluding hydrogens is 312 g/mol. The van der Waals surface area contributed by atoms with Crippen LogP contribution in [0.2, 0.25) is 0 Å². The van der Waals surface area contributed by atoms with Gasteiger partial charge < -0.3 is 0 Å². The number of Topliss-reactive ketones (excluding diaryl/α,β-unsaturated/α-hetero) is 1. The maximum Gasteiger partial charge on any atom is 0.179 e. The molecule has 0 bridgehead atoms. The Kier molecular flexibility index (Phi) is 3.90. The topological polar surface area (TPSA) is 40.9 Å². The Morgan fingerprint density at radius 2 is 2.29 bits per heavy atom. The molecule has 1 rings (SSSR count). The summed E-state index contributed by atoms with van der Waals surface area (Å²) in [6.07, 6.45) is 0. The van der Waals surface area contributed by atoms with Gasteiger partial charge in [0.2, 0.25) is 0 Å². The van der Waals surface area contributed by atoms with Gasteiger partial charge in [-0.1, -0.05) is 0 Å². The fourth-order valence-electron chi connectivity index (χ4n) is 1.21. The zero-order chi connectivity index (χ0) is 10.7. The predicted molar refractivity (Wildman–Crippen MR) is 63.7 cm³/mol. The number of hydrogen-bond acceptors (Lipinski definition) is 2. The Balaban J connectivity index is 3.45. The number of nitrogens with zero attached hydrogens (tertiary/aromatic N) is 1. The normalized spacial score (nSPS) is 9.57. The quantitative estimate of drug-likeness (QED) is 0.478. The second kappa shape index (κ2) is 4.76. The average molecular weight is 320 g/mol. The van der Waals surface area contributed by atoms with Gasteiger partial charge in [0.15, 0.2) is 5.78 Å². The highest BCUT2D eigenvalue weighted by molar-refractivity contribution is 14.1. The van der Waals surface area contributed by atoms with E-state index in [4.69, 9.17) is 16.9 Å². The molecule has 0 fully saturated rings. The Labute approximate surface area is 101 Å². The molecule has 1 aromatic rings. The molecule has 2 nitrogen and oxygen atoms in total. The van der Waals surface area contributed by atoms with E-state index in [1.165, 1.54) is 0 Å². The maximum absolute atomic E-state index is 11.5. The van der Waals surface area contributed by atoms with Gasteiger partial charge in [-0.2, -0.15) is 5.26 Å². The number of hydrogen-bond donors (Lipinski definition) is 0. The summed E-state index contributed by atoms with van der Waals surface area (Å²) in [6, 6.07) is 5.46. The fourth-order valence-corrected chi connectivity index (χ4v) is 1.79. The van der Waals surface area contributed by atoms with Crippen molar-refractivity contribution >= 4 is 40.0 Å². The number of carbonyl (C=O) groups is 1. The van der Waals surface area contributed by atoms with Crippen molar-refractivity contribution in [3.8, 4) is 6.07 Å². The van der Waals surface area contributed by atoms with Crippen molar-refractivity contribution in [2.24, 2.45) is 0 Å². The smallest absolute Gasteiger partial charge is 0.179 e. The Morgan fingerprint density at radius 3 is 2.79 bits per heavy atom. The number of carbonyl (C=O) groups excluding carboxylic acids is 1. The van der Waals surface area contributed by atoms with E-state index in [-0.39, 0.29) is 11.7 Å². The lowest BCUT2D eigenvalue weighted by atomic mass is 10.00. The first-order chi connectivity index (χ1) is 6.61. The third-order valence-electron chi connectivity index (χ3n) is 1.92. The van der Waals surface area contributed by atoms with Crippen LogP contribution in [0, 0.1) is 21.8 Å². The van der Waals surface area contributed by atoms with Gasteiger partial charge in [-0.05, 0) is 47.2 Å². The first-order valence-corrected chi connectivity index (χ1v) is 5.51. The summed E-state index contributed by atoms with van der Waals surface area (Å²) < 4.78 is 0.968. The Bertz CT molecular complexity index is 423. The van der Waals surface area contributed by atoms with Crippen LogP contribution in [0.5, 0.6) is 0 Å². The molecule has 0 saturated heterocycles. The number of nitriles is 1. The van der Waals surface area contributed by atoms with Gasteiger partial charge in [-0.3, -0.25) is 4.79 Å². The highest BCUT2D eigenvalue weighted by Gasteiger charge is 2.14. The van der Waals surface area contributed by atoms with Gasteiger partial charge in [0.25, 0.3) is 0 Å². The van der Waals surface area contributed by atoms with E-state index < -0.39 is 0 Å². The number of benzene rings is 1. The molecule has 0 aromatic heterocycles. The number of alkyl halides is 1. The summed E-state index contributed by atoms with van der Waals surface area (Å²) in [6.45, 7) is 1.82. The van der Waals surface area contributed by atoms with E-state index in [2.05, 4.69) is 22.6 Å². The van der Waals surface area contributed by atoms with Crippen LogP contribution >= 0.6 is 34.2 Å². The van der Waals surface area contributed by atoms with Crippen molar-refractivity contribution in [3.05, 3.63) is 32.4 Å². The molecule has 0 spiro atoms. The van der Waals surface area contributed by atoms with Crippen LogP contribution in [0.15, 0.2) is 12.1 Å². The summed E-state index contributed by atoms with van der Waals surface area (Å²) in [4.78, 5) is 11.5. The van der Waals surface area contributed by atoms with Crippen molar-refractivity contribution < 1.29 is 4.79 Å². The van der Waals surface area contributed by atoms with Gasteiger partial charge in [0, 0.05) is 9.13 Å². The van der Waals surface area contributed by atoms with Crippen LogP contribution in [0.4, 0.5) is 0 Å². The van der Waals surface area contributed by atoms with Crippen molar-refractivity contribution in [2.75, 3.05) is 5.88 Å². The molecule has 0 atom stereocenters. The average Bonchev–Trinajstić information content (AvgIpc) is 2.20. The molecule has 0 amide bonds. The van der Waals surface area contributed by atoms with Gasteiger partial charge in [0.05, 0.1) is 17.5 Å². The van der Waals surface area contributed by atoms with Crippen LogP contribution in [0.3, 0.4) is 0 Å².